The smallest absolute Gasteiger partial charge is 0.338 e. The largest absolute Gasteiger partial charge is 0.452 e. The summed E-state index contributed by atoms with van der Waals surface area (Å²) in [6.45, 7) is -0.257. The van der Waals surface area contributed by atoms with Crippen molar-refractivity contribution in [3.05, 3.63) is 71.8 Å². The van der Waals surface area contributed by atoms with Crippen LogP contribution in [0.15, 0.2) is 60.7 Å². The van der Waals surface area contributed by atoms with Crippen LogP contribution in [0.4, 0.5) is 0 Å². The predicted molar refractivity (Wildman–Crippen MR) is 89.3 cm³/mol. The van der Waals surface area contributed by atoms with Gasteiger partial charge in [-0.2, -0.15) is 0 Å². The Morgan fingerprint density at radius 3 is 1.77 bits per heavy atom. The molecule has 0 spiro atoms. The van der Waals surface area contributed by atoms with Crippen molar-refractivity contribution in [1.29, 1.82) is 0 Å². The molecule has 1 unspecified atom stereocenters. The van der Waals surface area contributed by atoms with Gasteiger partial charge in [0.1, 0.15) is 6.10 Å². The lowest BCUT2D eigenvalue weighted by Gasteiger charge is -2.37. The van der Waals surface area contributed by atoms with Gasteiger partial charge in [0.25, 0.3) is 0 Å². The molecule has 7 heteroatoms. The van der Waals surface area contributed by atoms with Crippen LogP contribution < -0.4 is 0 Å². The zero-order valence-electron chi connectivity index (χ0n) is 13.7. The number of esters is 2. The molecule has 3 rings (SSSR count). The molecule has 0 aliphatic carbocycles. The minimum atomic E-state index is -1.53. The number of hydrogen-bond donors (Lipinski definition) is 2. The SMILES string of the molecule is O=C(O[C@@H]1[C@H](O)COC(O)[C@@H]1OC(=O)c1ccccc1)c1ccccc1. The van der Waals surface area contributed by atoms with Crippen molar-refractivity contribution in [2.45, 2.75) is 24.6 Å². The van der Waals surface area contributed by atoms with Crippen LogP contribution in [0.2, 0.25) is 0 Å². The maximum absolute atomic E-state index is 12.3. The van der Waals surface area contributed by atoms with E-state index in [2.05, 4.69) is 0 Å². The molecule has 0 amide bonds. The van der Waals surface area contributed by atoms with E-state index >= 15 is 0 Å². The summed E-state index contributed by atoms with van der Waals surface area (Å²) < 4.78 is 15.6. The number of benzene rings is 2. The molecule has 0 saturated carbocycles. The fourth-order valence-electron chi connectivity index (χ4n) is 2.57. The Morgan fingerprint density at radius 2 is 1.27 bits per heavy atom. The maximum Gasteiger partial charge on any atom is 0.338 e. The van der Waals surface area contributed by atoms with Gasteiger partial charge in [-0.25, -0.2) is 9.59 Å². The number of aliphatic hydroxyl groups excluding tert-OH is 2. The second-order valence-corrected chi connectivity index (χ2v) is 5.76. The van der Waals surface area contributed by atoms with E-state index in [1.807, 2.05) is 0 Å². The molecular formula is C19H18O7. The van der Waals surface area contributed by atoms with Crippen LogP contribution in [0.25, 0.3) is 0 Å². The quantitative estimate of drug-likeness (QED) is 0.790. The molecule has 1 heterocycles. The first-order valence-corrected chi connectivity index (χ1v) is 8.06. The molecule has 2 aromatic rings. The molecular weight excluding hydrogens is 340 g/mol. The van der Waals surface area contributed by atoms with Crippen LogP contribution in [0.3, 0.4) is 0 Å². The Labute approximate surface area is 149 Å². The van der Waals surface area contributed by atoms with Gasteiger partial charge in [-0.1, -0.05) is 36.4 Å². The van der Waals surface area contributed by atoms with E-state index in [1.165, 1.54) is 0 Å². The molecule has 2 N–H and O–H groups in total. The highest BCUT2D eigenvalue weighted by atomic mass is 16.7. The van der Waals surface area contributed by atoms with Gasteiger partial charge in [0, 0.05) is 0 Å². The normalized spacial score (nSPS) is 25.3. The molecule has 0 radical (unpaired) electrons. The fraction of sp³-hybridized carbons (Fsp3) is 0.263. The Hall–Kier alpha value is -2.74. The van der Waals surface area contributed by atoms with Gasteiger partial charge in [-0.05, 0) is 24.3 Å². The van der Waals surface area contributed by atoms with Crippen molar-refractivity contribution in [2.75, 3.05) is 6.61 Å². The van der Waals surface area contributed by atoms with E-state index in [0.717, 1.165) is 0 Å². The van der Waals surface area contributed by atoms with Crippen molar-refractivity contribution in [3.8, 4) is 0 Å². The summed E-state index contributed by atoms with van der Waals surface area (Å²) in [5.74, 6) is -1.43. The predicted octanol–water partition coefficient (Wildman–Crippen LogP) is 1.15. The van der Waals surface area contributed by atoms with E-state index in [-0.39, 0.29) is 17.7 Å². The summed E-state index contributed by atoms with van der Waals surface area (Å²) in [5, 5.41) is 20.2. The molecule has 136 valence electrons. The van der Waals surface area contributed by atoms with Crippen LogP contribution in [-0.2, 0) is 14.2 Å². The second-order valence-electron chi connectivity index (χ2n) is 5.76. The van der Waals surface area contributed by atoms with Crippen molar-refractivity contribution in [2.24, 2.45) is 0 Å². The highest BCUT2D eigenvalue weighted by Gasteiger charge is 2.44. The standard InChI is InChI=1S/C19H18O7/c20-14-11-24-19(23)16(26-18(22)13-9-5-2-6-10-13)15(14)25-17(21)12-7-3-1-4-8-12/h1-10,14-16,19-20,23H,11H2/t14-,15-,16-,19?/m1/s1. The number of rotatable bonds is 4. The van der Waals surface area contributed by atoms with Crippen molar-refractivity contribution in [3.63, 3.8) is 0 Å². The van der Waals surface area contributed by atoms with Gasteiger partial charge in [-0.3, -0.25) is 0 Å². The number of carbonyl (C=O) groups excluding carboxylic acids is 2. The summed E-state index contributed by atoms with van der Waals surface area (Å²) in [4.78, 5) is 24.5. The number of carbonyl (C=O) groups is 2. The van der Waals surface area contributed by atoms with E-state index < -0.39 is 36.5 Å². The summed E-state index contributed by atoms with van der Waals surface area (Å²) in [7, 11) is 0. The molecule has 26 heavy (non-hydrogen) atoms. The van der Waals surface area contributed by atoms with Gasteiger partial charge >= 0.3 is 11.9 Å². The molecule has 0 aromatic heterocycles. The van der Waals surface area contributed by atoms with Crippen LogP contribution in [0.1, 0.15) is 20.7 Å². The average molecular weight is 358 g/mol. The number of ether oxygens (including phenoxy) is 3. The third-order valence-electron chi connectivity index (χ3n) is 3.93. The van der Waals surface area contributed by atoms with Crippen LogP contribution in [0.5, 0.6) is 0 Å². The lowest BCUT2D eigenvalue weighted by Crippen LogP contribution is -2.56. The van der Waals surface area contributed by atoms with Gasteiger partial charge in [0.2, 0.25) is 0 Å². The van der Waals surface area contributed by atoms with Crippen LogP contribution in [-0.4, -0.2) is 53.4 Å². The third-order valence-corrected chi connectivity index (χ3v) is 3.93. The van der Waals surface area contributed by atoms with E-state index in [0.29, 0.717) is 0 Å². The average Bonchev–Trinajstić information content (AvgIpc) is 2.68. The van der Waals surface area contributed by atoms with Crippen molar-refractivity contribution in [1.82, 2.24) is 0 Å². The Bertz CT molecular complexity index is 681. The van der Waals surface area contributed by atoms with Gasteiger partial charge < -0.3 is 24.4 Å². The third kappa shape index (κ3) is 4.08. The zero-order chi connectivity index (χ0) is 18.5. The molecule has 1 fully saturated rings. The van der Waals surface area contributed by atoms with Gasteiger partial charge in [-0.15, -0.1) is 0 Å². The van der Waals surface area contributed by atoms with Crippen molar-refractivity contribution < 1.29 is 34.0 Å². The molecule has 1 aliphatic rings. The second kappa shape index (κ2) is 8.09. The first-order valence-electron chi connectivity index (χ1n) is 8.06. The fourth-order valence-corrected chi connectivity index (χ4v) is 2.57. The van der Waals surface area contributed by atoms with E-state index in [1.54, 1.807) is 60.7 Å². The topological polar surface area (TPSA) is 102 Å². The number of aliphatic hydroxyl groups is 2. The first-order chi connectivity index (χ1) is 12.6. The Balaban J connectivity index is 1.76. The maximum atomic E-state index is 12.3. The summed E-state index contributed by atoms with van der Waals surface area (Å²) in [6, 6.07) is 16.3. The minimum absolute atomic E-state index is 0.257. The van der Waals surface area contributed by atoms with Crippen LogP contribution >= 0.6 is 0 Å². The van der Waals surface area contributed by atoms with Crippen LogP contribution in [0, 0.1) is 0 Å². The number of hydrogen-bond acceptors (Lipinski definition) is 7. The highest BCUT2D eigenvalue weighted by Crippen LogP contribution is 2.23. The summed E-state index contributed by atoms with van der Waals surface area (Å²) in [6.07, 6.45) is -5.41. The Morgan fingerprint density at radius 1 is 0.808 bits per heavy atom. The van der Waals surface area contributed by atoms with Gasteiger partial charge in [0.05, 0.1) is 17.7 Å². The van der Waals surface area contributed by atoms with E-state index in [4.69, 9.17) is 14.2 Å². The first kappa shape index (κ1) is 18.1. The van der Waals surface area contributed by atoms with Crippen molar-refractivity contribution >= 4 is 11.9 Å². The lowest BCUT2D eigenvalue weighted by molar-refractivity contribution is -0.251. The monoisotopic (exact) mass is 358 g/mol. The minimum Gasteiger partial charge on any atom is -0.452 e. The summed E-state index contributed by atoms with van der Waals surface area (Å²) >= 11 is 0. The molecule has 2 aromatic carbocycles. The molecule has 4 atom stereocenters. The molecule has 1 saturated heterocycles. The zero-order valence-corrected chi connectivity index (χ0v) is 13.7. The molecule has 0 bridgehead atoms. The van der Waals surface area contributed by atoms with Gasteiger partial charge in [0.15, 0.2) is 18.5 Å². The highest BCUT2D eigenvalue weighted by molar-refractivity contribution is 5.90. The molecule has 7 nitrogen and oxygen atoms in total. The van der Waals surface area contributed by atoms with E-state index in [9.17, 15) is 19.8 Å². The summed E-state index contributed by atoms with van der Waals surface area (Å²) in [5.41, 5.74) is 0.529. The lowest BCUT2D eigenvalue weighted by atomic mass is 10.0. The Kier molecular flexibility index (Phi) is 5.62. The molecule has 1 aliphatic heterocycles.